The zero-order valence-electron chi connectivity index (χ0n) is 13.1. The first-order valence-corrected chi connectivity index (χ1v) is 7.47. The Morgan fingerprint density at radius 1 is 1.24 bits per heavy atom. The lowest BCUT2D eigenvalue weighted by molar-refractivity contribution is 0.160. The molecule has 3 N–H and O–H groups in total. The van der Waals surface area contributed by atoms with Crippen molar-refractivity contribution >= 4 is 6.03 Å². The van der Waals surface area contributed by atoms with Crippen LogP contribution in [0.15, 0.2) is 24.3 Å². The molecule has 0 saturated carbocycles. The molecule has 5 heteroatoms. The molecule has 0 heterocycles. The van der Waals surface area contributed by atoms with Crippen LogP contribution >= 0.6 is 0 Å². The number of amides is 2. The third kappa shape index (κ3) is 6.04. The second-order valence-electron chi connectivity index (χ2n) is 4.98. The van der Waals surface area contributed by atoms with E-state index in [9.17, 15) is 9.90 Å². The first kappa shape index (κ1) is 17.3. The van der Waals surface area contributed by atoms with Gasteiger partial charge in [0.1, 0.15) is 5.75 Å². The van der Waals surface area contributed by atoms with Gasteiger partial charge in [-0.15, -0.1) is 0 Å². The molecule has 0 saturated heterocycles. The van der Waals surface area contributed by atoms with Gasteiger partial charge in [-0.3, -0.25) is 0 Å². The van der Waals surface area contributed by atoms with Gasteiger partial charge in [-0.05, 0) is 37.0 Å². The monoisotopic (exact) mass is 294 g/mol. The van der Waals surface area contributed by atoms with Crippen molar-refractivity contribution in [3.05, 3.63) is 29.8 Å². The predicted octanol–water partition coefficient (Wildman–Crippen LogP) is 2.61. The van der Waals surface area contributed by atoms with E-state index in [2.05, 4.69) is 10.6 Å². The van der Waals surface area contributed by atoms with Gasteiger partial charge in [0.15, 0.2) is 0 Å². The Morgan fingerprint density at radius 3 is 2.43 bits per heavy atom. The highest BCUT2D eigenvalue weighted by Crippen LogP contribution is 2.19. The number of benzene rings is 1. The molecule has 0 aliphatic rings. The van der Waals surface area contributed by atoms with E-state index in [0.29, 0.717) is 19.4 Å². The van der Waals surface area contributed by atoms with Crippen molar-refractivity contribution < 1.29 is 14.6 Å². The highest BCUT2D eigenvalue weighted by Gasteiger charge is 2.12. The summed E-state index contributed by atoms with van der Waals surface area (Å²) < 4.78 is 5.13. The number of carbonyl (C=O) groups is 1. The van der Waals surface area contributed by atoms with Crippen LogP contribution in [0.25, 0.3) is 0 Å². The summed E-state index contributed by atoms with van der Waals surface area (Å²) in [6.45, 7) is 4.41. The van der Waals surface area contributed by atoms with Gasteiger partial charge in [0.25, 0.3) is 0 Å². The number of carbonyl (C=O) groups excluding carboxylic acids is 1. The lowest BCUT2D eigenvalue weighted by Crippen LogP contribution is -2.39. The minimum atomic E-state index is -0.353. The van der Waals surface area contributed by atoms with E-state index in [1.165, 1.54) is 0 Å². The lowest BCUT2D eigenvalue weighted by Gasteiger charge is -2.18. The maximum Gasteiger partial charge on any atom is 0.315 e. The highest BCUT2D eigenvalue weighted by molar-refractivity contribution is 5.74. The van der Waals surface area contributed by atoms with Crippen molar-refractivity contribution in [1.29, 1.82) is 0 Å². The van der Waals surface area contributed by atoms with Gasteiger partial charge < -0.3 is 20.5 Å². The summed E-state index contributed by atoms with van der Waals surface area (Å²) in [7, 11) is 1.63. The molecular weight excluding hydrogens is 268 g/mol. The molecule has 0 aliphatic heterocycles. The van der Waals surface area contributed by atoms with E-state index in [4.69, 9.17) is 4.74 Å². The Kier molecular flexibility index (Phi) is 7.61. The van der Waals surface area contributed by atoms with Crippen LogP contribution in [0.2, 0.25) is 0 Å². The van der Waals surface area contributed by atoms with E-state index in [1.54, 1.807) is 7.11 Å². The molecule has 0 spiro atoms. The van der Waals surface area contributed by atoms with Crippen molar-refractivity contribution in [1.82, 2.24) is 10.6 Å². The maximum absolute atomic E-state index is 11.9. The molecule has 2 amide bonds. The Labute approximate surface area is 126 Å². The summed E-state index contributed by atoms with van der Waals surface area (Å²) in [6, 6.07) is 7.43. The maximum atomic E-state index is 11.9. The van der Waals surface area contributed by atoms with Gasteiger partial charge in [0.2, 0.25) is 0 Å². The van der Waals surface area contributed by atoms with E-state index in [-0.39, 0.29) is 18.2 Å². The summed E-state index contributed by atoms with van der Waals surface area (Å²) in [4.78, 5) is 11.9. The van der Waals surface area contributed by atoms with Crippen LogP contribution in [0.4, 0.5) is 4.79 Å². The van der Waals surface area contributed by atoms with Crippen LogP contribution < -0.4 is 15.4 Å². The summed E-state index contributed by atoms with van der Waals surface area (Å²) in [5.74, 6) is 0.798. The summed E-state index contributed by atoms with van der Waals surface area (Å²) in [5.41, 5.74) is 1.04. The molecule has 118 valence electrons. The fourth-order valence-electron chi connectivity index (χ4n) is 2.02. The number of aliphatic hydroxyl groups excluding tert-OH is 1. The quantitative estimate of drug-likeness (QED) is 0.690. The first-order valence-electron chi connectivity index (χ1n) is 7.47. The highest BCUT2D eigenvalue weighted by atomic mass is 16.5. The smallest absolute Gasteiger partial charge is 0.315 e. The standard InChI is InChI=1S/C16H26N2O3/c1-4-13(19)10-11-17-16(20)18-15(5-2)12-6-8-14(21-3)9-7-12/h6-9,13,15,19H,4-5,10-11H2,1-3H3,(H2,17,18,20). The molecular formula is C16H26N2O3. The van der Waals surface area contributed by atoms with Crippen LogP contribution in [-0.4, -0.2) is 30.9 Å². The molecule has 2 unspecified atom stereocenters. The normalized spacial score (nSPS) is 13.3. The number of methoxy groups -OCH3 is 1. The largest absolute Gasteiger partial charge is 0.497 e. The molecule has 0 radical (unpaired) electrons. The van der Waals surface area contributed by atoms with Crippen molar-refractivity contribution in [2.45, 2.75) is 45.3 Å². The molecule has 21 heavy (non-hydrogen) atoms. The van der Waals surface area contributed by atoms with E-state index < -0.39 is 0 Å². The average Bonchev–Trinajstić information content (AvgIpc) is 2.52. The van der Waals surface area contributed by atoms with Gasteiger partial charge in [0.05, 0.1) is 19.3 Å². The molecule has 1 aromatic carbocycles. The summed E-state index contributed by atoms with van der Waals surface area (Å²) >= 11 is 0. The van der Waals surface area contributed by atoms with Crippen LogP contribution in [0.5, 0.6) is 5.75 Å². The summed E-state index contributed by atoms with van der Waals surface area (Å²) in [5, 5.41) is 15.2. The number of urea groups is 1. The second kappa shape index (κ2) is 9.23. The molecule has 0 fully saturated rings. The molecule has 1 rings (SSSR count). The number of hydrogen-bond acceptors (Lipinski definition) is 3. The fraction of sp³-hybridized carbons (Fsp3) is 0.562. The predicted molar refractivity (Wildman–Crippen MR) is 83.5 cm³/mol. The Hall–Kier alpha value is -1.75. The van der Waals surface area contributed by atoms with Crippen molar-refractivity contribution in [2.24, 2.45) is 0 Å². The third-order valence-electron chi connectivity index (χ3n) is 3.47. The van der Waals surface area contributed by atoms with Gasteiger partial charge in [-0.1, -0.05) is 26.0 Å². The van der Waals surface area contributed by atoms with E-state index in [1.807, 2.05) is 38.1 Å². The van der Waals surface area contributed by atoms with Crippen LogP contribution in [0, 0.1) is 0 Å². The van der Waals surface area contributed by atoms with Crippen molar-refractivity contribution in [2.75, 3.05) is 13.7 Å². The molecule has 5 nitrogen and oxygen atoms in total. The Balaban J connectivity index is 2.46. The molecule has 0 aliphatic carbocycles. The lowest BCUT2D eigenvalue weighted by atomic mass is 10.0. The molecule has 2 atom stereocenters. The fourth-order valence-corrected chi connectivity index (χ4v) is 2.02. The molecule has 0 aromatic heterocycles. The number of ether oxygens (including phenoxy) is 1. The van der Waals surface area contributed by atoms with Crippen molar-refractivity contribution in [3.63, 3.8) is 0 Å². The Morgan fingerprint density at radius 2 is 1.90 bits per heavy atom. The van der Waals surface area contributed by atoms with E-state index >= 15 is 0 Å². The average molecular weight is 294 g/mol. The van der Waals surface area contributed by atoms with Crippen LogP contribution in [0.3, 0.4) is 0 Å². The van der Waals surface area contributed by atoms with Gasteiger partial charge in [0, 0.05) is 6.54 Å². The number of aliphatic hydroxyl groups is 1. The molecule has 1 aromatic rings. The number of nitrogens with one attached hydrogen (secondary N) is 2. The van der Waals surface area contributed by atoms with Crippen LogP contribution in [-0.2, 0) is 0 Å². The zero-order chi connectivity index (χ0) is 15.7. The minimum absolute atomic E-state index is 0.0352. The topological polar surface area (TPSA) is 70.6 Å². The minimum Gasteiger partial charge on any atom is -0.497 e. The van der Waals surface area contributed by atoms with Crippen molar-refractivity contribution in [3.8, 4) is 5.75 Å². The van der Waals surface area contributed by atoms with Gasteiger partial charge >= 0.3 is 6.03 Å². The SMILES string of the molecule is CCC(O)CCNC(=O)NC(CC)c1ccc(OC)cc1. The third-order valence-corrected chi connectivity index (χ3v) is 3.47. The van der Waals surface area contributed by atoms with Crippen LogP contribution in [0.1, 0.15) is 44.7 Å². The summed E-state index contributed by atoms with van der Waals surface area (Å²) in [6.07, 6.45) is 1.72. The van der Waals surface area contributed by atoms with Gasteiger partial charge in [-0.25, -0.2) is 4.79 Å². The van der Waals surface area contributed by atoms with Gasteiger partial charge in [-0.2, -0.15) is 0 Å². The Bertz CT molecular complexity index is 420. The first-order chi connectivity index (χ1) is 10.1. The van der Waals surface area contributed by atoms with E-state index in [0.717, 1.165) is 17.7 Å². The number of hydrogen-bond donors (Lipinski definition) is 3. The zero-order valence-corrected chi connectivity index (χ0v) is 13.1. The second-order valence-corrected chi connectivity index (χ2v) is 4.98. The number of rotatable bonds is 8. The molecule has 0 bridgehead atoms.